The summed E-state index contributed by atoms with van der Waals surface area (Å²) in [4.78, 5) is 15.7. The van der Waals surface area contributed by atoms with Crippen molar-refractivity contribution in [1.82, 2.24) is 4.98 Å². The van der Waals surface area contributed by atoms with Crippen molar-refractivity contribution in [3.05, 3.63) is 60.8 Å². The Morgan fingerprint density at radius 3 is 2.46 bits per heavy atom. The number of anilines is 2. The van der Waals surface area contributed by atoms with E-state index in [1.54, 1.807) is 12.1 Å². The van der Waals surface area contributed by atoms with Gasteiger partial charge in [0.1, 0.15) is 16.9 Å². The van der Waals surface area contributed by atoms with Crippen LogP contribution in [0.15, 0.2) is 64.2 Å². The molecular weight excluding hydrogens is 381 g/mol. The molecule has 0 saturated heterocycles. The molecule has 28 heavy (non-hydrogen) atoms. The van der Waals surface area contributed by atoms with E-state index in [0.717, 1.165) is 12.7 Å². The second kappa shape index (κ2) is 8.18. The van der Waals surface area contributed by atoms with E-state index in [-0.39, 0.29) is 22.2 Å². The van der Waals surface area contributed by atoms with Crippen molar-refractivity contribution in [3.8, 4) is 5.75 Å². The van der Waals surface area contributed by atoms with Gasteiger partial charge >= 0.3 is 5.91 Å². The average Bonchev–Trinajstić information content (AvgIpc) is 3.23. The van der Waals surface area contributed by atoms with Crippen molar-refractivity contribution < 1.29 is 22.4 Å². The molecular formula is C18H18BN3O5S. The predicted octanol–water partition coefficient (Wildman–Crippen LogP) is 1.85. The normalized spacial score (nSPS) is 10.9. The van der Waals surface area contributed by atoms with Gasteiger partial charge in [0.25, 0.3) is 15.9 Å². The summed E-state index contributed by atoms with van der Waals surface area (Å²) < 4.78 is 38.4. The molecule has 2 aromatic carbocycles. The highest BCUT2D eigenvalue weighted by Crippen LogP contribution is 2.29. The van der Waals surface area contributed by atoms with Crippen LogP contribution < -0.4 is 20.2 Å². The first-order chi connectivity index (χ1) is 13.4. The summed E-state index contributed by atoms with van der Waals surface area (Å²) in [5.74, 6) is -0.581. The maximum atomic E-state index is 12.9. The number of hydrogen-bond donors (Lipinski definition) is 2. The van der Waals surface area contributed by atoms with Gasteiger partial charge in [-0.1, -0.05) is 24.4 Å². The molecule has 0 spiro atoms. The summed E-state index contributed by atoms with van der Waals surface area (Å²) in [5, 5.41) is 2.54. The number of sulfonamides is 1. The zero-order chi connectivity index (χ0) is 20.1. The maximum Gasteiger partial charge on any atom is 0.311 e. The van der Waals surface area contributed by atoms with Crippen LogP contribution in [0.3, 0.4) is 0 Å². The molecule has 3 rings (SSSR count). The van der Waals surface area contributed by atoms with E-state index in [1.165, 1.54) is 37.8 Å². The Balaban J connectivity index is 1.88. The summed E-state index contributed by atoms with van der Waals surface area (Å²) >= 11 is 0. The molecule has 3 aromatic rings. The number of oxazole rings is 1. The van der Waals surface area contributed by atoms with E-state index in [1.807, 2.05) is 19.0 Å². The first-order valence-corrected chi connectivity index (χ1v) is 9.92. The molecule has 0 bridgehead atoms. The molecule has 0 atom stereocenters. The van der Waals surface area contributed by atoms with Crippen LogP contribution in [-0.2, 0) is 10.0 Å². The van der Waals surface area contributed by atoms with Gasteiger partial charge in [0.15, 0.2) is 7.28 Å². The van der Waals surface area contributed by atoms with Crippen molar-refractivity contribution in [2.75, 3.05) is 17.1 Å². The van der Waals surface area contributed by atoms with E-state index >= 15 is 0 Å². The fraction of sp³-hybridized carbons (Fsp3) is 0.111. The lowest BCUT2D eigenvalue weighted by molar-refractivity contribution is 0.0990. The number of amides is 1. The number of hydrogen-bond acceptors (Lipinski definition) is 6. The minimum atomic E-state index is -3.95. The van der Waals surface area contributed by atoms with E-state index in [4.69, 9.17) is 9.15 Å². The molecule has 144 valence electrons. The highest BCUT2D eigenvalue weighted by molar-refractivity contribution is 7.92. The van der Waals surface area contributed by atoms with Gasteiger partial charge in [-0.05, 0) is 30.3 Å². The molecule has 0 aliphatic carbocycles. The van der Waals surface area contributed by atoms with E-state index in [2.05, 4.69) is 15.0 Å². The standard InChI is InChI=1S/C18H18BN3O5S/c1-19-12-3-5-13(6-4-12)22-28(24,25)16-11-14(7-8-15(16)26-2)21-17(23)18-20-9-10-27-18/h3-11,19,22H,1-2H3,(H,21,23). The molecule has 8 nitrogen and oxygen atoms in total. The van der Waals surface area contributed by atoms with Gasteiger partial charge in [-0.25, -0.2) is 13.4 Å². The Bertz CT molecular complexity index is 1070. The van der Waals surface area contributed by atoms with Crippen LogP contribution in [0.1, 0.15) is 10.7 Å². The number of benzene rings is 2. The number of carbonyl (C=O) groups is 1. The Hall–Kier alpha value is -3.27. The highest BCUT2D eigenvalue weighted by atomic mass is 32.2. The lowest BCUT2D eigenvalue weighted by atomic mass is 9.73. The molecule has 0 unspecified atom stereocenters. The second-order valence-electron chi connectivity index (χ2n) is 5.81. The van der Waals surface area contributed by atoms with Gasteiger partial charge in [-0.3, -0.25) is 9.52 Å². The van der Waals surface area contributed by atoms with Gasteiger partial charge in [0.2, 0.25) is 0 Å². The molecule has 0 radical (unpaired) electrons. The van der Waals surface area contributed by atoms with Crippen molar-refractivity contribution in [3.63, 3.8) is 0 Å². The van der Waals surface area contributed by atoms with Crippen LogP contribution in [0.25, 0.3) is 0 Å². The molecule has 1 amide bonds. The molecule has 0 fully saturated rings. The predicted molar refractivity (Wildman–Crippen MR) is 107 cm³/mol. The first-order valence-electron chi connectivity index (χ1n) is 8.43. The molecule has 1 aromatic heterocycles. The molecule has 2 N–H and O–H groups in total. The number of ether oxygens (including phenoxy) is 1. The third-order valence-corrected chi connectivity index (χ3v) is 5.35. The van der Waals surface area contributed by atoms with Crippen molar-refractivity contribution in [1.29, 1.82) is 0 Å². The van der Waals surface area contributed by atoms with Gasteiger partial charge < -0.3 is 14.5 Å². The fourth-order valence-electron chi connectivity index (χ4n) is 2.50. The SMILES string of the molecule is CBc1ccc(NS(=O)(=O)c2cc(NC(=O)c3ncco3)ccc2OC)cc1. The highest BCUT2D eigenvalue weighted by Gasteiger charge is 2.21. The number of nitrogens with one attached hydrogen (secondary N) is 2. The third kappa shape index (κ3) is 4.34. The molecule has 1 heterocycles. The summed E-state index contributed by atoms with van der Waals surface area (Å²) in [6.45, 7) is 2.02. The molecule has 0 aliphatic rings. The minimum absolute atomic E-state index is 0.111. The number of rotatable bonds is 7. The Kier molecular flexibility index (Phi) is 5.69. The van der Waals surface area contributed by atoms with E-state index < -0.39 is 15.9 Å². The number of nitrogens with zero attached hydrogens (tertiary/aromatic N) is 1. The maximum absolute atomic E-state index is 12.9. The second-order valence-corrected chi connectivity index (χ2v) is 7.46. The smallest absolute Gasteiger partial charge is 0.311 e. The van der Waals surface area contributed by atoms with E-state index in [9.17, 15) is 13.2 Å². The van der Waals surface area contributed by atoms with Crippen LogP contribution in [0.2, 0.25) is 6.82 Å². The van der Waals surface area contributed by atoms with Crippen LogP contribution in [0, 0.1) is 0 Å². The lowest BCUT2D eigenvalue weighted by Gasteiger charge is -2.13. The van der Waals surface area contributed by atoms with E-state index in [0.29, 0.717) is 5.69 Å². The quantitative estimate of drug-likeness (QED) is 0.587. The number of methoxy groups -OCH3 is 1. The Morgan fingerprint density at radius 1 is 1.14 bits per heavy atom. The van der Waals surface area contributed by atoms with Crippen molar-refractivity contribution >= 4 is 40.0 Å². The van der Waals surface area contributed by atoms with Crippen LogP contribution in [0.4, 0.5) is 11.4 Å². The summed E-state index contributed by atoms with van der Waals surface area (Å²) in [6.07, 6.45) is 2.61. The van der Waals surface area contributed by atoms with Crippen LogP contribution in [-0.4, -0.2) is 33.7 Å². The van der Waals surface area contributed by atoms with Crippen LogP contribution >= 0.6 is 0 Å². The average molecular weight is 399 g/mol. The lowest BCUT2D eigenvalue weighted by Crippen LogP contribution is -2.17. The fourth-order valence-corrected chi connectivity index (χ4v) is 3.76. The summed E-state index contributed by atoms with van der Waals surface area (Å²) in [5.41, 5.74) is 1.77. The van der Waals surface area contributed by atoms with Crippen molar-refractivity contribution in [2.24, 2.45) is 0 Å². The zero-order valence-corrected chi connectivity index (χ0v) is 16.1. The largest absolute Gasteiger partial charge is 0.495 e. The summed E-state index contributed by atoms with van der Waals surface area (Å²) in [6, 6.07) is 11.4. The molecule has 0 aliphatic heterocycles. The summed E-state index contributed by atoms with van der Waals surface area (Å²) in [7, 11) is -1.73. The van der Waals surface area contributed by atoms with Gasteiger partial charge in [0.05, 0.1) is 13.3 Å². The van der Waals surface area contributed by atoms with Crippen LogP contribution in [0.5, 0.6) is 5.75 Å². The monoisotopic (exact) mass is 399 g/mol. The first kappa shape index (κ1) is 19.5. The van der Waals surface area contributed by atoms with Gasteiger partial charge in [0, 0.05) is 11.4 Å². The van der Waals surface area contributed by atoms with Gasteiger partial charge in [-0.2, -0.15) is 0 Å². The third-order valence-electron chi connectivity index (χ3n) is 3.95. The van der Waals surface area contributed by atoms with Crippen molar-refractivity contribution in [2.45, 2.75) is 11.7 Å². The Labute approximate surface area is 163 Å². The zero-order valence-electron chi connectivity index (χ0n) is 15.3. The number of aromatic nitrogens is 1. The molecule has 0 saturated carbocycles. The minimum Gasteiger partial charge on any atom is -0.495 e. The van der Waals surface area contributed by atoms with Gasteiger partial charge in [-0.15, -0.1) is 0 Å². The Morgan fingerprint density at radius 2 is 1.86 bits per heavy atom. The topological polar surface area (TPSA) is 111 Å². The molecule has 10 heteroatoms. The number of carbonyl (C=O) groups excluding carboxylic acids is 1.